The monoisotopic (exact) mass is 435 g/mol. The van der Waals surface area contributed by atoms with E-state index in [-0.39, 0.29) is 29.7 Å². The van der Waals surface area contributed by atoms with E-state index in [1.54, 1.807) is 11.8 Å². The highest BCUT2D eigenvalue weighted by atomic mass is 32.1. The minimum atomic E-state index is -3.73. The fraction of sp³-hybridized carbons (Fsp3) is 0.529. The summed E-state index contributed by atoms with van der Waals surface area (Å²) in [5.41, 5.74) is 0.343. The first-order chi connectivity index (χ1) is 13.6. The number of nitrogens with one attached hydrogen (secondary N) is 1. The number of fused-ring (bicyclic) bond motifs is 2. The molecular weight excluding hydrogens is 418 g/mol. The highest BCUT2D eigenvalue weighted by Gasteiger charge is 2.45. The van der Waals surface area contributed by atoms with E-state index in [1.165, 1.54) is 12.1 Å². The number of thiazole rings is 1. The number of hydrogen-bond donors (Lipinski definition) is 2. The first-order valence-electron chi connectivity index (χ1n) is 8.82. The second-order valence-corrected chi connectivity index (χ2v) is 8.03. The van der Waals surface area contributed by atoms with Crippen LogP contribution in [-0.4, -0.2) is 58.9 Å². The number of rotatable bonds is 4. The fourth-order valence-corrected chi connectivity index (χ4v) is 4.23. The summed E-state index contributed by atoms with van der Waals surface area (Å²) in [6.07, 6.45) is -4.16. The molecular formula is C17H17F4N3O4S. The largest absolute Gasteiger partial charge is 0.586 e. The molecule has 0 spiro atoms. The molecule has 0 unspecified atom stereocenters. The number of carbonyl (C=O) groups is 1. The molecule has 12 heteroatoms. The lowest BCUT2D eigenvalue weighted by molar-refractivity contribution is -0.286. The van der Waals surface area contributed by atoms with Crippen LogP contribution in [0.1, 0.15) is 13.3 Å². The molecule has 2 aromatic rings. The van der Waals surface area contributed by atoms with Crippen molar-refractivity contribution in [1.82, 2.24) is 9.88 Å². The van der Waals surface area contributed by atoms with Gasteiger partial charge in [0.1, 0.15) is 0 Å². The maximum Gasteiger partial charge on any atom is 0.586 e. The number of benzene rings is 1. The van der Waals surface area contributed by atoms with Crippen LogP contribution in [0.25, 0.3) is 10.2 Å². The summed E-state index contributed by atoms with van der Waals surface area (Å²) < 4.78 is 63.0. The molecule has 1 amide bonds. The van der Waals surface area contributed by atoms with Gasteiger partial charge in [-0.2, -0.15) is 0 Å². The van der Waals surface area contributed by atoms with Gasteiger partial charge in [-0.1, -0.05) is 11.3 Å². The van der Waals surface area contributed by atoms with Gasteiger partial charge >= 0.3 is 6.29 Å². The Hall–Kier alpha value is -2.18. The van der Waals surface area contributed by atoms with Crippen molar-refractivity contribution >= 4 is 32.6 Å². The van der Waals surface area contributed by atoms with E-state index in [1.807, 2.05) is 0 Å². The Kier molecular flexibility index (Phi) is 4.82. The average molecular weight is 435 g/mol. The summed E-state index contributed by atoms with van der Waals surface area (Å²) in [6.45, 7) is 0.837. The van der Waals surface area contributed by atoms with Crippen LogP contribution in [0.3, 0.4) is 0 Å². The molecule has 1 aromatic heterocycles. The average Bonchev–Trinajstić information content (AvgIpc) is 3.15. The van der Waals surface area contributed by atoms with Gasteiger partial charge in [-0.25, -0.2) is 13.8 Å². The molecule has 2 aliphatic rings. The van der Waals surface area contributed by atoms with Gasteiger partial charge in [0, 0.05) is 31.6 Å². The number of piperidine rings is 1. The maximum atomic E-state index is 13.8. The number of amides is 1. The SMILES string of the molecule is C[C@@H](C(=O)Nc1nc2cc3c(cc2s1)OC(F)(F)O3)N1CCC(F)(F)[C@H](CO)C1. The third-order valence-corrected chi connectivity index (χ3v) is 6.01. The van der Waals surface area contributed by atoms with E-state index in [9.17, 15) is 27.5 Å². The smallest absolute Gasteiger partial charge is 0.396 e. The lowest BCUT2D eigenvalue weighted by atomic mass is 9.93. The van der Waals surface area contributed by atoms with Gasteiger partial charge < -0.3 is 19.9 Å². The van der Waals surface area contributed by atoms with Gasteiger partial charge in [-0.05, 0) is 6.92 Å². The predicted molar refractivity (Wildman–Crippen MR) is 95.6 cm³/mol. The van der Waals surface area contributed by atoms with Crippen LogP contribution in [0.5, 0.6) is 11.5 Å². The van der Waals surface area contributed by atoms with E-state index in [0.717, 1.165) is 11.3 Å². The van der Waals surface area contributed by atoms with Gasteiger partial charge in [0.15, 0.2) is 16.6 Å². The Balaban J connectivity index is 1.45. The van der Waals surface area contributed by atoms with E-state index in [4.69, 9.17) is 0 Å². The molecule has 3 heterocycles. The van der Waals surface area contributed by atoms with Crippen LogP contribution in [0.15, 0.2) is 12.1 Å². The fourth-order valence-electron chi connectivity index (χ4n) is 3.35. The second-order valence-electron chi connectivity index (χ2n) is 7.00. The number of anilines is 1. The number of likely N-dealkylation sites (tertiary alicyclic amines) is 1. The number of aliphatic hydroxyl groups excluding tert-OH is 1. The molecule has 0 bridgehead atoms. The lowest BCUT2D eigenvalue weighted by Gasteiger charge is -2.39. The van der Waals surface area contributed by atoms with Crippen LogP contribution in [0, 0.1) is 5.92 Å². The lowest BCUT2D eigenvalue weighted by Crippen LogP contribution is -2.54. The van der Waals surface area contributed by atoms with Gasteiger partial charge in [0.2, 0.25) is 5.91 Å². The topological polar surface area (TPSA) is 83.9 Å². The zero-order valence-electron chi connectivity index (χ0n) is 15.1. The zero-order chi connectivity index (χ0) is 21.0. The molecule has 2 aliphatic heterocycles. The molecule has 1 fully saturated rings. The summed E-state index contributed by atoms with van der Waals surface area (Å²) in [6, 6.07) is 1.92. The van der Waals surface area contributed by atoms with Crippen LogP contribution < -0.4 is 14.8 Å². The summed E-state index contributed by atoms with van der Waals surface area (Å²) in [5, 5.41) is 12.1. The third-order valence-electron chi connectivity index (χ3n) is 5.07. The van der Waals surface area contributed by atoms with E-state index in [2.05, 4.69) is 19.8 Å². The van der Waals surface area contributed by atoms with Crippen molar-refractivity contribution in [2.45, 2.75) is 31.6 Å². The first kappa shape index (κ1) is 20.1. The second kappa shape index (κ2) is 6.96. The van der Waals surface area contributed by atoms with Gasteiger partial charge in [0.05, 0.1) is 28.8 Å². The number of hydrogen-bond acceptors (Lipinski definition) is 7. The number of aliphatic hydroxyl groups is 1. The number of alkyl halides is 4. The van der Waals surface area contributed by atoms with Crippen LogP contribution in [-0.2, 0) is 4.79 Å². The normalized spacial score (nSPS) is 23.9. The highest BCUT2D eigenvalue weighted by Crippen LogP contribution is 2.44. The van der Waals surface area contributed by atoms with E-state index < -0.39 is 43.1 Å². The summed E-state index contributed by atoms with van der Waals surface area (Å²) >= 11 is 1.06. The first-order valence-corrected chi connectivity index (χ1v) is 9.63. The number of ether oxygens (including phenoxy) is 2. The van der Waals surface area contributed by atoms with Gasteiger partial charge in [-0.3, -0.25) is 9.69 Å². The van der Waals surface area contributed by atoms with Crippen molar-refractivity contribution in [2.75, 3.05) is 25.0 Å². The predicted octanol–water partition coefficient (Wildman–Crippen LogP) is 2.89. The van der Waals surface area contributed by atoms with Crippen molar-refractivity contribution in [2.24, 2.45) is 5.92 Å². The minimum Gasteiger partial charge on any atom is -0.396 e. The zero-order valence-corrected chi connectivity index (χ0v) is 15.9. The number of nitrogens with zero attached hydrogens (tertiary/aromatic N) is 2. The highest BCUT2D eigenvalue weighted by molar-refractivity contribution is 7.22. The Morgan fingerprint density at radius 1 is 1.38 bits per heavy atom. The molecule has 7 nitrogen and oxygen atoms in total. The van der Waals surface area contributed by atoms with Crippen molar-refractivity contribution < 1.29 is 36.9 Å². The van der Waals surface area contributed by atoms with Crippen LogP contribution in [0.4, 0.5) is 22.7 Å². The van der Waals surface area contributed by atoms with E-state index in [0.29, 0.717) is 10.2 Å². The van der Waals surface area contributed by atoms with Crippen LogP contribution in [0.2, 0.25) is 0 Å². The molecule has 0 aliphatic carbocycles. The number of aromatic nitrogens is 1. The van der Waals surface area contributed by atoms with Crippen molar-refractivity contribution in [3.63, 3.8) is 0 Å². The summed E-state index contributed by atoms with van der Waals surface area (Å²) in [5.74, 6) is -4.91. The Labute approximate surface area is 166 Å². The summed E-state index contributed by atoms with van der Waals surface area (Å²) in [7, 11) is 0. The van der Waals surface area contributed by atoms with Crippen molar-refractivity contribution in [3.8, 4) is 11.5 Å². The third kappa shape index (κ3) is 3.83. The van der Waals surface area contributed by atoms with Crippen LogP contribution >= 0.6 is 11.3 Å². The molecule has 0 radical (unpaired) electrons. The molecule has 1 aromatic carbocycles. The minimum absolute atomic E-state index is 0.0214. The molecule has 0 saturated carbocycles. The molecule has 4 rings (SSSR count). The Bertz CT molecular complexity index is 909. The molecule has 158 valence electrons. The van der Waals surface area contributed by atoms with Crippen molar-refractivity contribution in [3.05, 3.63) is 12.1 Å². The molecule has 1 saturated heterocycles. The van der Waals surface area contributed by atoms with Gasteiger partial charge in [-0.15, -0.1) is 8.78 Å². The van der Waals surface area contributed by atoms with Gasteiger partial charge in [0.25, 0.3) is 5.92 Å². The Morgan fingerprint density at radius 2 is 2.07 bits per heavy atom. The Morgan fingerprint density at radius 3 is 2.76 bits per heavy atom. The number of halogens is 4. The standard InChI is InChI=1S/C17H17F4N3O4S/c1-8(24-3-2-16(18,19)9(6-24)7-25)14(26)23-15-22-10-4-11-12(5-13(10)29-15)28-17(20,21)27-11/h4-5,8-9,25H,2-3,6-7H2,1H3,(H,22,23,26)/t8-,9-/m0/s1. The molecule has 2 atom stereocenters. The van der Waals surface area contributed by atoms with E-state index >= 15 is 0 Å². The maximum absolute atomic E-state index is 13.8. The number of carbonyl (C=O) groups excluding carboxylic acids is 1. The van der Waals surface area contributed by atoms with Crippen molar-refractivity contribution in [1.29, 1.82) is 0 Å². The molecule has 2 N–H and O–H groups in total. The molecule has 29 heavy (non-hydrogen) atoms. The quantitative estimate of drug-likeness (QED) is 0.719. The summed E-state index contributed by atoms with van der Waals surface area (Å²) in [4.78, 5) is 18.3.